The summed E-state index contributed by atoms with van der Waals surface area (Å²) in [5.74, 6) is 0.369. The third kappa shape index (κ3) is 4.17. The maximum absolute atomic E-state index is 13.1. The van der Waals surface area contributed by atoms with Crippen LogP contribution in [0.5, 0.6) is 5.75 Å². The van der Waals surface area contributed by atoms with Crippen LogP contribution >= 0.6 is 11.6 Å². The Morgan fingerprint density at radius 1 is 1.04 bits per heavy atom. The predicted octanol–water partition coefficient (Wildman–Crippen LogP) is 4.35. The van der Waals surface area contributed by atoms with Gasteiger partial charge in [0.1, 0.15) is 17.7 Å². The van der Waals surface area contributed by atoms with Crippen LogP contribution < -0.4 is 4.74 Å². The van der Waals surface area contributed by atoms with Gasteiger partial charge in [0.25, 0.3) is 5.91 Å². The number of carbonyl (C=O) groups is 1. The number of halogens is 2. The molecule has 2 heterocycles. The number of piperidine rings is 1. The number of hydrogen-bond donors (Lipinski definition) is 0. The number of carbonyl (C=O) groups excluding carboxylic acids is 1. The van der Waals surface area contributed by atoms with Crippen LogP contribution in [-0.2, 0) is 0 Å². The zero-order valence-corrected chi connectivity index (χ0v) is 15.8. The summed E-state index contributed by atoms with van der Waals surface area (Å²) in [7, 11) is 0. The van der Waals surface area contributed by atoms with Crippen LogP contribution in [0.4, 0.5) is 4.39 Å². The quantitative estimate of drug-likeness (QED) is 0.655. The number of ether oxygens (including phenoxy) is 1. The van der Waals surface area contributed by atoms with Gasteiger partial charge in [-0.1, -0.05) is 11.6 Å². The van der Waals surface area contributed by atoms with E-state index in [0.717, 1.165) is 18.6 Å². The van der Waals surface area contributed by atoms with E-state index in [9.17, 15) is 9.18 Å². The molecule has 28 heavy (non-hydrogen) atoms. The van der Waals surface area contributed by atoms with Crippen LogP contribution in [0.3, 0.4) is 0 Å². The maximum atomic E-state index is 13.1. The fourth-order valence-corrected chi connectivity index (χ4v) is 3.35. The summed E-state index contributed by atoms with van der Waals surface area (Å²) in [5.41, 5.74) is 1.08. The average Bonchev–Trinajstić information content (AvgIpc) is 3.20. The minimum Gasteiger partial charge on any atom is -0.490 e. The standard InChI is InChI=1S/C21H19ClFN3O2/c22-15-1-7-18(8-2-15)28-19-9-12-25(13-10-19)21(27)20-11-14-26(24-20)17-5-3-16(23)4-6-17/h1-8,11,14,19H,9-10,12-13H2. The minimum absolute atomic E-state index is 0.0713. The molecule has 1 aliphatic heterocycles. The Morgan fingerprint density at radius 3 is 2.39 bits per heavy atom. The predicted molar refractivity (Wildman–Crippen MR) is 105 cm³/mol. The first-order chi connectivity index (χ1) is 13.6. The van der Waals surface area contributed by atoms with Crippen molar-refractivity contribution < 1.29 is 13.9 Å². The van der Waals surface area contributed by atoms with Crippen LogP contribution in [0.15, 0.2) is 60.8 Å². The van der Waals surface area contributed by atoms with Gasteiger partial charge in [0.05, 0.1) is 5.69 Å². The molecule has 0 saturated carbocycles. The lowest BCUT2D eigenvalue weighted by Gasteiger charge is -2.31. The van der Waals surface area contributed by atoms with E-state index in [1.807, 2.05) is 12.1 Å². The second kappa shape index (κ2) is 8.02. The normalized spacial score (nSPS) is 14.9. The smallest absolute Gasteiger partial charge is 0.274 e. The second-order valence-electron chi connectivity index (χ2n) is 6.69. The van der Waals surface area contributed by atoms with Crippen LogP contribution in [0.25, 0.3) is 5.69 Å². The fourth-order valence-electron chi connectivity index (χ4n) is 3.22. The number of aromatic nitrogens is 2. The van der Waals surface area contributed by atoms with Crippen molar-refractivity contribution >= 4 is 17.5 Å². The first-order valence-electron chi connectivity index (χ1n) is 9.11. The lowest BCUT2D eigenvalue weighted by Crippen LogP contribution is -2.42. The Balaban J connectivity index is 1.35. The lowest BCUT2D eigenvalue weighted by atomic mass is 10.1. The van der Waals surface area contributed by atoms with Crippen molar-refractivity contribution in [2.45, 2.75) is 18.9 Å². The molecule has 0 unspecified atom stereocenters. The molecule has 3 aromatic rings. The van der Waals surface area contributed by atoms with Crippen LogP contribution in [-0.4, -0.2) is 39.8 Å². The van der Waals surface area contributed by atoms with E-state index in [1.165, 1.54) is 12.1 Å². The van der Waals surface area contributed by atoms with Gasteiger partial charge < -0.3 is 9.64 Å². The largest absolute Gasteiger partial charge is 0.490 e. The van der Waals surface area contributed by atoms with Gasteiger partial charge in [-0.15, -0.1) is 0 Å². The Bertz CT molecular complexity index is 949. The molecule has 1 fully saturated rings. The van der Waals surface area contributed by atoms with Gasteiger partial charge in [-0.3, -0.25) is 4.79 Å². The summed E-state index contributed by atoms with van der Waals surface area (Å²) in [6, 6.07) is 15.0. The van der Waals surface area contributed by atoms with E-state index in [-0.39, 0.29) is 17.8 Å². The zero-order valence-electron chi connectivity index (χ0n) is 15.1. The Morgan fingerprint density at radius 2 is 1.71 bits per heavy atom. The third-order valence-corrected chi connectivity index (χ3v) is 5.00. The van der Waals surface area contributed by atoms with Crippen molar-refractivity contribution in [1.29, 1.82) is 0 Å². The van der Waals surface area contributed by atoms with Gasteiger partial charge in [-0.05, 0) is 54.6 Å². The van der Waals surface area contributed by atoms with Crippen molar-refractivity contribution in [3.63, 3.8) is 0 Å². The first-order valence-corrected chi connectivity index (χ1v) is 9.49. The van der Waals surface area contributed by atoms with E-state index in [2.05, 4.69) is 5.10 Å². The highest BCUT2D eigenvalue weighted by Crippen LogP contribution is 2.22. The zero-order chi connectivity index (χ0) is 19.5. The van der Waals surface area contributed by atoms with Crippen LogP contribution in [0.1, 0.15) is 23.3 Å². The topological polar surface area (TPSA) is 47.4 Å². The van der Waals surface area contributed by atoms with Crippen molar-refractivity contribution in [2.75, 3.05) is 13.1 Å². The van der Waals surface area contributed by atoms with Crippen molar-refractivity contribution in [3.8, 4) is 11.4 Å². The molecule has 1 aromatic heterocycles. The molecule has 2 aromatic carbocycles. The van der Waals surface area contributed by atoms with E-state index in [4.69, 9.17) is 16.3 Å². The van der Waals surface area contributed by atoms with Crippen molar-refractivity contribution in [2.24, 2.45) is 0 Å². The number of benzene rings is 2. The summed E-state index contributed by atoms with van der Waals surface area (Å²) in [6.07, 6.45) is 3.29. The molecule has 1 saturated heterocycles. The average molecular weight is 400 g/mol. The minimum atomic E-state index is -0.309. The summed E-state index contributed by atoms with van der Waals surface area (Å²) < 4.78 is 20.6. The number of likely N-dealkylation sites (tertiary alicyclic amines) is 1. The molecular formula is C21H19ClFN3O2. The van der Waals surface area contributed by atoms with Gasteiger partial charge in [-0.25, -0.2) is 9.07 Å². The molecule has 5 nitrogen and oxygen atoms in total. The van der Waals surface area contributed by atoms with Gasteiger partial charge >= 0.3 is 0 Å². The maximum Gasteiger partial charge on any atom is 0.274 e. The highest BCUT2D eigenvalue weighted by Gasteiger charge is 2.26. The molecule has 1 aliphatic rings. The molecule has 0 N–H and O–H groups in total. The molecule has 0 bridgehead atoms. The van der Waals surface area contributed by atoms with Gasteiger partial charge in [0, 0.05) is 37.2 Å². The second-order valence-corrected chi connectivity index (χ2v) is 7.12. The van der Waals surface area contributed by atoms with E-state index < -0.39 is 0 Å². The Labute approximate surface area is 167 Å². The summed E-state index contributed by atoms with van der Waals surface area (Å²) >= 11 is 5.89. The Hall–Kier alpha value is -2.86. The molecule has 0 atom stereocenters. The van der Waals surface area contributed by atoms with Gasteiger partial charge in [0.2, 0.25) is 0 Å². The number of rotatable bonds is 4. The number of hydrogen-bond acceptors (Lipinski definition) is 3. The van der Waals surface area contributed by atoms with Crippen LogP contribution in [0, 0.1) is 5.82 Å². The first kappa shape index (κ1) is 18.5. The molecule has 144 valence electrons. The molecule has 0 spiro atoms. The third-order valence-electron chi connectivity index (χ3n) is 4.74. The fraction of sp³-hybridized carbons (Fsp3) is 0.238. The lowest BCUT2D eigenvalue weighted by molar-refractivity contribution is 0.0589. The summed E-state index contributed by atoms with van der Waals surface area (Å²) in [5, 5.41) is 5.01. The number of amides is 1. The molecule has 7 heteroatoms. The Kier molecular flexibility index (Phi) is 5.30. The van der Waals surface area contributed by atoms with Crippen molar-refractivity contribution in [3.05, 3.63) is 77.3 Å². The van der Waals surface area contributed by atoms with Gasteiger partial charge in [-0.2, -0.15) is 5.10 Å². The SMILES string of the molecule is O=C(c1ccn(-c2ccc(F)cc2)n1)N1CCC(Oc2ccc(Cl)cc2)CC1. The highest BCUT2D eigenvalue weighted by molar-refractivity contribution is 6.30. The molecule has 0 aliphatic carbocycles. The highest BCUT2D eigenvalue weighted by atomic mass is 35.5. The summed E-state index contributed by atoms with van der Waals surface area (Å²) in [6.45, 7) is 1.22. The molecular weight excluding hydrogens is 381 g/mol. The molecule has 1 amide bonds. The molecule has 4 rings (SSSR count). The molecule has 0 radical (unpaired) electrons. The van der Waals surface area contributed by atoms with E-state index >= 15 is 0 Å². The summed E-state index contributed by atoms with van der Waals surface area (Å²) in [4.78, 5) is 14.5. The van der Waals surface area contributed by atoms with E-state index in [0.29, 0.717) is 29.5 Å². The van der Waals surface area contributed by atoms with E-state index in [1.54, 1.807) is 46.1 Å². The monoisotopic (exact) mass is 399 g/mol. The van der Waals surface area contributed by atoms with Crippen molar-refractivity contribution in [1.82, 2.24) is 14.7 Å². The van der Waals surface area contributed by atoms with Gasteiger partial charge in [0.15, 0.2) is 5.69 Å². The van der Waals surface area contributed by atoms with Crippen LogP contribution in [0.2, 0.25) is 5.02 Å². The number of nitrogens with zero attached hydrogens (tertiary/aromatic N) is 3.